The topological polar surface area (TPSA) is 87.2 Å². The molecule has 1 aliphatic rings. The van der Waals surface area contributed by atoms with Gasteiger partial charge >= 0.3 is 0 Å². The molecule has 1 unspecified atom stereocenters. The fraction of sp³-hybridized carbons (Fsp3) is 0.529. The lowest BCUT2D eigenvalue weighted by atomic mass is 10.0. The number of aromatic amines is 1. The van der Waals surface area contributed by atoms with Crippen LogP contribution >= 0.6 is 0 Å². The van der Waals surface area contributed by atoms with E-state index in [-0.39, 0.29) is 18.4 Å². The Morgan fingerprint density at radius 2 is 2.00 bits per heavy atom. The number of nitrogens with zero attached hydrogens (tertiary/aromatic N) is 5. The molecule has 2 heterocycles. The number of carbonyl (C=O) groups excluding carboxylic acids is 1. The van der Waals surface area contributed by atoms with Crippen LogP contribution in [0, 0.1) is 0 Å². The van der Waals surface area contributed by atoms with Crippen LogP contribution in [0.4, 0.5) is 0 Å². The molecular weight excluding hydrogens is 320 g/mol. The molecule has 8 heteroatoms. The first kappa shape index (κ1) is 17.5. The number of rotatable bonds is 7. The average Bonchev–Trinajstić information content (AvgIpc) is 3.16. The molecule has 1 aromatic heterocycles. The van der Waals surface area contributed by atoms with E-state index in [4.69, 9.17) is 4.74 Å². The minimum atomic E-state index is 0.0551. The molecule has 25 heavy (non-hydrogen) atoms. The fourth-order valence-corrected chi connectivity index (χ4v) is 2.90. The zero-order valence-corrected chi connectivity index (χ0v) is 14.5. The van der Waals surface area contributed by atoms with E-state index in [0.29, 0.717) is 32.1 Å². The molecule has 3 rings (SSSR count). The van der Waals surface area contributed by atoms with E-state index >= 15 is 0 Å². The predicted octanol–water partition coefficient (Wildman–Crippen LogP) is 0.664. The van der Waals surface area contributed by atoms with Crippen LogP contribution in [0.1, 0.15) is 24.2 Å². The molecule has 0 radical (unpaired) electrons. The van der Waals surface area contributed by atoms with Gasteiger partial charge in [0, 0.05) is 32.1 Å². The summed E-state index contributed by atoms with van der Waals surface area (Å²) in [6.45, 7) is 6.47. The molecule has 1 fully saturated rings. The largest absolute Gasteiger partial charge is 0.371 e. The van der Waals surface area contributed by atoms with Crippen LogP contribution in [0.25, 0.3) is 0 Å². The highest BCUT2D eigenvalue weighted by molar-refractivity contribution is 5.77. The normalized spacial score (nSPS) is 16.8. The summed E-state index contributed by atoms with van der Waals surface area (Å²) in [5, 5.41) is 13.9. The van der Waals surface area contributed by atoms with Crippen molar-refractivity contribution in [1.29, 1.82) is 0 Å². The molecule has 0 aliphatic carbocycles. The molecule has 134 valence electrons. The standard InChI is InChI=1S/C17H24N6O2/c1-14(15-5-3-2-4-6-15)12-25-13-17(24)23-9-7-22(8-10-23)11-16-18-20-21-19-16/h2-6,14H,7-13H2,1H3,(H,18,19,20,21). The second kappa shape index (κ2) is 8.68. The SMILES string of the molecule is CC(COCC(=O)N1CCN(Cc2nn[nH]n2)CC1)c1ccccc1. The van der Waals surface area contributed by atoms with Gasteiger partial charge in [-0.2, -0.15) is 5.21 Å². The molecule has 1 saturated heterocycles. The molecule has 8 nitrogen and oxygen atoms in total. The molecule has 0 spiro atoms. The number of amides is 1. The number of nitrogens with one attached hydrogen (secondary N) is 1. The van der Waals surface area contributed by atoms with Gasteiger partial charge < -0.3 is 9.64 Å². The van der Waals surface area contributed by atoms with Crippen molar-refractivity contribution in [1.82, 2.24) is 30.4 Å². The maximum Gasteiger partial charge on any atom is 0.248 e. The van der Waals surface area contributed by atoms with Crippen molar-refractivity contribution in [2.45, 2.75) is 19.4 Å². The summed E-state index contributed by atoms with van der Waals surface area (Å²) in [4.78, 5) is 16.4. The second-order valence-corrected chi connectivity index (χ2v) is 6.31. The Morgan fingerprint density at radius 1 is 1.24 bits per heavy atom. The molecule has 1 aliphatic heterocycles. The fourth-order valence-electron chi connectivity index (χ4n) is 2.90. The molecular formula is C17H24N6O2. The zero-order chi connectivity index (χ0) is 17.5. The maximum atomic E-state index is 12.3. The highest BCUT2D eigenvalue weighted by Gasteiger charge is 2.22. The number of benzene rings is 1. The van der Waals surface area contributed by atoms with Gasteiger partial charge in [-0.05, 0) is 5.56 Å². The van der Waals surface area contributed by atoms with Gasteiger partial charge in [-0.15, -0.1) is 10.2 Å². The van der Waals surface area contributed by atoms with Gasteiger partial charge in [0.05, 0.1) is 13.2 Å². The van der Waals surface area contributed by atoms with Crippen molar-refractivity contribution in [2.24, 2.45) is 0 Å². The van der Waals surface area contributed by atoms with Crippen LogP contribution in [0.2, 0.25) is 0 Å². The van der Waals surface area contributed by atoms with Gasteiger partial charge in [-0.1, -0.05) is 42.5 Å². The molecule has 1 amide bonds. The smallest absolute Gasteiger partial charge is 0.248 e. The Balaban J connectivity index is 1.35. The maximum absolute atomic E-state index is 12.3. The summed E-state index contributed by atoms with van der Waals surface area (Å²) >= 11 is 0. The number of hydrogen-bond donors (Lipinski definition) is 1. The summed E-state index contributed by atoms with van der Waals surface area (Å²) < 4.78 is 5.64. The van der Waals surface area contributed by atoms with Crippen molar-refractivity contribution in [3.8, 4) is 0 Å². The van der Waals surface area contributed by atoms with Crippen molar-refractivity contribution < 1.29 is 9.53 Å². The Morgan fingerprint density at radius 3 is 2.68 bits per heavy atom. The summed E-state index contributed by atoms with van der Waals surface area (Å²) in [6, 6.07) is 10.2. The minimum absolute atomic E-state index is 0.0551. The number of piperazine rings is 1. The predicted molar refractivity (Wildman–Crippen MR) is 91.7 cm³/mol. The number of carbonyl (C=O) groups is 1. The van der Waals surface area contributed by atoms with E-state index in [9.17, 15) is 4.79 Å². The molecule has 2 aromatic rings. The van der Waals surface area contributed by atoms with Crippen LogP contribution in [0.15, 0.2) is 30.3 Å². The quantitative estimate of drug-likeness (QED) is 0.794. The highest BCUT2D eigenvalue weighted by atomic mass is 16.5. The lowest BCUT2D eigenvalue weighted by Gasteiger charge is -2.34. The summed E-state index contributed by atoms with van der Waals surface area (Å²) in [6.07, 6.45) is 0. The third-order valence-corrected chi connectivity index (χ3v) is 4.44. The van der Waals surface area contributed by atoms with E-state index < -0.39 is 0 Å². The number of tetrazole rings is 1. The average molecular weight is 344 g/mol. The monoisotopic (exact) mass is 344 g/mol. The van der Waals surface area contributed by atoms with E-state index in [1.165, 1.54) is 5.56 Å². The van der Waals surface area contributed by atoms with Crippen molar-refractivity contribution in [3.05, 3.63) is 41.7 Å². The van der Waals surface area contributed by atoms with E-state index in [1.807, 2.05) is 23.1 Å². The van der Waals surface area contributed by atoms with Gasteiger partial charge in [0.15, 0.2) is 5.82 Å². The van der Waals surface area contributed by atoms with E-state index in [2.05, 4.69) is 44.6 Å². The second-order valence-electron chi connectivity index (χ2n) is 6.31. The first-order valence-corrected chi connectivity index (χ1v) is 8.57. The molecule has 1 aromatic carbocycles. The van der Waals surface area contributed by atoms with Crippen molar-refractivity contribution in [2.75, 3.05) is 39.4 Å². The van der Waals surface area contributed by atoms with Gasteiger partial charge in [-0.25, -0.2) is 0 Å². The third kappa shape index (κ3) is 5.07. The molecule has 0 bridgehead atoms. The van der Waals surface area contributed by atoms with Crippen molar-refractivity contribution in [3.63, 3.8) is 0 Å². The number of H-pyrrole nitrogens is 1. The number of ether oxygens (including phenoxy) is 1. The van der Waals surface area contributed by atoms with Gasteiger partial charge in [0.25, 0.3) is 0 Å². The lowest BCUT2D eigenvalue weighted by molar-refractivity contribution is -0.138. The zero-order valence-electron chi connectivity index (χ0n) is 14.5. The van der Waals surface area contributed by atoms with E-state index in [1.54, 1.807) is 0 Å². The molecule has 1 atom stereocenters. The van der Waals surface area contributed by atoms with Crippen LogP contribution in [-0.2, 0) is 16.1 Å². The first-order valence-electron chi connectivity index (χ1n) is 8.57. The Bertz CT molecular complexity index is 640. The number of aromatic nitrogens is 4. The van der Waals surface area contributed by atoms with Crippen molar-refractivity contribution >= 4 is 5.91 Å². The molecule has 0 saturated carbocycles. The third-order valence-electron chi connectivity index (χ3n) is 4.44. The van der Waals surface area contributed by atoms with Crippen LogP contribution in [0.5, 0.6) is 0 Å². The minimum Gasteiger partial charge on any atom is -0.371 e. The summed E-state index contributed by atoms with van der Waals surface area (Å²) in [5.41, 5.74) is 1.23. The Labute approximate surface area is 147 Å². The van der Waals surface area contributed by atoms with Gasteiger partial charge in [-0.3, -0.25) is 9.69 Å². The Kier molecular flexibility index (Phi) is 6.08. The van der Waals surface area contributed by atoms with E-state index in [0.717, 1.165) is 13.1 Å². The highest BCUT2D eigenvalue weighted by Crippen LogP contribution is 2.14. The Hall–Kier alpha value is -2.32. The summed E-state index contributed by atoms with van der Waals surface area (Å²) in [5.74, 6) is 1.01. The number of hydrogen-bond acceptors (Lipinski definition) is 6. The first-order chi connectivity index (χ1) is 12.2. The molecule has 1 N–H and O–H groups in total. The van der Waals surface area contributed by atoms with Gasteiger partial charge in [0.1, 0.15) is 6.61 Å². The summed E-state index contributed by atoms with van der Waals surface area (Å²) in [7, 11) is 0. The van der Waals surface area contributed by atoms with Crippen LogP contribution < -0.4 is 0 Å². The van der Waals surface area contributed by atoms with Gasteiger partial charge in [0.2, 0.25) is 5.91 Å². The lowest BCUT2D eigenvalue weighted by Crippen LogP contribution is -2.49. The van der Waals surface area contributed by atoms with Crippen LogP contribution in [0.3, 0.4) is 0 Å². The van der Waals surface area contributed by atoms with Crippen LogP contribution in [-0.4, -0.2) is 75.7 Å².